The molecule has 1 saturated heterocycles. The van der Waals surface area contributed by atoms with Gasteiger partial charge in [-0.1, -0.05) is 13.8 Å². The monoisotopic (exact) mass is 227 g/mol. The van der Waals surface area contributed by atoms with Crippen molar-refractivity contribution in [3.8, 4) is 0 Å². The molecule has 1 rings (SSSR count). The number of nitrogens with one attached hydrogen (secondary N) is 1. The highest BCUT2D eigenvalue weighted by atomic mass is 16.5. The van der Waals surface area contributed by atoms with Gasteiger partial charge in [-0.3, -0.25) is 0 Å². The zero-order chi connectivity index (χ0) is 12.2. The van der Waals surface area contributed by atoms with Crippen molar-refractivity contribution in [2.75, 3.05) is 19.8 Å². The van der Waals surface area contributed by atoms with Gasteiger partial charge in [-0.15, -0.1) is 0 Å². The zero-order valence-electron chi connectivity index (χ0n) is 11.7. The first-order valence-corrected chi connectivity index (χ1v) is 6.64. The maximum atomic E-state index is 5.44. The van der Waals surface area contributed by atoms with Crippen molar-refractivity contribution in [3.63, 3.8) is 0 Å². The molecular weight excluding hydrogens is 198 g/mol. The first-order chi connectivity index (χ1) is 7.31. The summed E-state index contributed by atoms with van der Waals surface area (Å²) >= 11 is 0. The lowest BCUT2D eigenvalue weighted by Crippen LogP contribution is -2.39. The summed E-state index contributed by atoms with van der Waals surface area (Å²) in [6.45, 7) is 14.5. The molecule has 0 aromatic carbocycles. The summed E-state index contributed by atoms with van der Waals surface area (Å²) in [6.07, 6.45) is 3.74. The Bertz CT molecular complexity index is 199. The van der Waals surface area contributed by atoms with E-state index < -0.39 is 0 Å². The third-order valence-corrected chi connectivity index (χ3v) is 3.75. The summed E-state index contributed by atoms with van der Waals surface area (Å²) in [6, 6.07) is 0. The Morgan fingerprint density at radius 2 is 1.62 bits per heavy atom. The Kier molecular flexibility index (Phi) is 4.81. The summed E-state index contributed by atoms with van der Waals surface area (Å²) < 4.78 is 5.44. The van der Waals surface area contributed by atoms with E-state index in [4.69, 9.17) is 4.74 Å². The quantitative estimate of drug-likeness (QED) is 0.796. The fourth-order valence-corrected chi connectivity index (χ4v) is 2.44. The van der Waals surface area contributed by atoms with Gasteiger partial charge in [0.2, 0.25) is 0 Å². The maximum Gasteiger partial charge on any atom is 0.0468 e. The van der Waals surface area contributed by atoms with Crippen molar-refractivity contribution < 1.29 is 4.74 Å². The molecule has 0 atom stereocenters. The third-order valence-electron chi connectivity index (χ3n) is 3.75. The molecule has 0 bridgehead atoms. The van der Waals surface area contributed by atoms with Crippen LogP contribution in [-0.4, -0.2) is 25.3 Å². The van der Waals surface area contributed by atoms with E-state index in [2.05, 4.69) is 39.9 Å². The van der Waals surface area contributed by atoms with E-state index in [0.717, 1.165) is 25.7 Å². The number of ether oxygens (including phenoxy) is 1. The fourth-order valence-electron chi connectivity index (χ4n) is 2.44. The molecule has 16 heavy (non-hydrogen) atoms. The highest BCUT2D eigenvalue weighted by molar-refractivity contribution is 4.82. The maximum absolute atomic E-state index is 5.44. The van der Waals surface area contributed by atoms with Crippen LogP contribution in [0.4, 0.5) is 0 Å². The number of rotatable bonds is 4. The van der Waals surface area contributed by atoms with Gasteiger partial charge in [0.1, 0.15) is 0 Å². The molecule has 1 N–H and O–H groups in total. The van der Waals surface area contributed by atoms with Crippen molar-refractivity contribution >= 4 is 0 Å². The van der Waals surface area contributed by atoms with Crippen LogP contribution < -0.4 is 5.32 Å². The van der Waals surface area contributed by atoms with Gasteiger partial charge >= 0.3 is 0 Å². The van der Waals surface area contributed by atoms with Crippen LogP contribution in [0.1, 0.15) is 53.9 Å². The SMILES string of the molecule is CC(C)(C)NCCC(C)(C)C1CCOCC1. The summed E-state index contributed by atoms with van der Waals surface area (Å²) in [4.78, 5) is 0. The summed E-state index contributed by atoms with van der Waals surface area (Å²) in [7, 11) is 0. The molecule has 0 radical (unpaired) electrons. The van der Waals surface area contributed by atoms with Gasteiger partial charge < -0.3 is 10.1 Å². The molecule has 0 unspecified atom stereocenters. The Balaban J connectivity index is 2.32. The second kappa shape index (κ2) is 5.50. The van der Waals surface area contributed by atoms with Crippen LogP contribution in [0.2, 0.25) is 0 Å². The van der Waals surface area contributed by atoms with Crippen molar-refractivity contribution in [2.24, 2.45) is 11.3 Å². The Hall–Kier alpha value is -0.0800. The molecule has 0 aromatic heterocycles. The van der Waals surface area contributed by atoms with Crippen LogP contribution in [0.15, 0.2) is 0 Å². The van der Waals surface area contributed by atoms with Gasteiger partial charge in [0.25, 0.3) is 0 Å². The summed E-state index contributed by atoms with van der Waals surface area (Å²) in [5, 5.41) is 3.59. The first-order valence-electron chi connectivity index (χ1n) is 6.64. The Morgan fingerprint density at radius 1 is 1.06 bits per heavy atom. The van der Waals surface area contributed by atoms with Gasteiger partial charge in [0, 0.05) is 18.8 Å². The molecule has 96 valence electrons. The predicted octanol–water partition coefficient (Wildman–Crippen LogP) is 3.22. The average molecular weight is 227 g/mol. The van der Waals surface area contributed by atoms with Crippen LogP contribution in [0, 0.1) is 11.3 Å². The average Bonchev–Trinajstić information content (AvgIpc) is 2.17. The standard InChI is InChI=1S/C14H29NO/c1-13(2,3)15-9-8-14(4,5)12-6-10-16-11-7-12/h12,15H,6-11H2,1-5H3. The lowest BCUT2D eigenvalue weighted by molar-refractivity contribution is 0.0194. The molecule has 0 saturated carbocycles. The molecule has 1 heterocycles. The van der Waals surface area contributed by atoms with E-state index >= 15 is 0 Å². The second-order valence-corrected chi connectivity index (χ2v) is 6.80. The molecule has 0 aliphatic carbocycles. The number of hydrogen-bond donors (Lipinski definition) is 1. The Morgan fingerprint density at radius 3 is 2.12 bits per heavy atom. The molecule has 1 aliphatic heterocycles. The fraction of sp³-hybridized carbons (Fsp3) is 1.00. The van der Waals surface area contributed by atoms with Crippen LogP contribution in [0.5, 0.6) is 0 Å². The van der Waals surface area contributed by atoms with Gasteiger partial charge in [-0.2, -0.15) is 0 Å². The normalized spacial score (nSPS) is 20.1. The predicted molar refractivity (Wildman–Crippen MR) is 69.7 cm³/mol. The molecular formula is C14H29NO. The lowest BCUT2D eigenvalue weighted by atomic mass is 9.72. The van der Waals surface area contributed by atoms with E-state index in [1.54, 1.807) is 0 Å². The smallest absolute Gasteiger partial charge is 0.0468 e. The second-order valence-electron chi connectivity index (χ2n) is 6.80. The molecule has 0 amide bonds. The highest BCUT2D eigenvalue weighted by Gasteiger charge is 2.30. The third kappa shape index (κ3) is 4.84. The van der Waals surface area contributed by atoms with Gasteiger partial charge in [-0.25, -0.2) is 0 Å². The van der Waals surface area contributed by atoms with Crippen LogP contribution >= 0.6 is 0 Å². The van der Waals surface area contributed by atoms with Crippen molar-refractivity contribution in [3.05, 3.63) is 0 Å². The number of hydrogen-bond acceptors (Lipinski definition) is 2. The molecule has 0 spiro atoms. The minimum absolute atomic E-state index is 0.242. The molecule has 1 fully saturated rings. The summed E-state index contributed by atoms with van der Waals surface area (Å²) in [5.74, 6) is 0.836. The van der Waals surface area contributed by atoms with Crippen LogP contribution in [0.3, 0.4) is 0 Å². The Labute approximate surface area is 101 Å². The van der Waals surface area contributed by atoms with Crippen molar-refractivity contribution in [1.82, 2.24) is 5.32 Å². The minimum Gasteiger partial charge on any atom is -0.381 e. The summed E-state index contributed by atoms with van der Waals surface area (Å²) in [5.41, 5.74) is 0.688. The van der Waals surface area contributed by atoms with Gasteiger partial charge in [0.05, 0.1) is 0 Å². The van der Waals surface area contributed by atoms with Gasteiger partial charge in [-0.05, 0) is 57.9 Å². The van der Waals surface area contributed by atoms with Crippen LogP contribution in [-0.2, 0) is 4.74 Å². The molecule has 2 heteroatoms. The zero-order valence-corrected chi connectivity index (χ0v) is 11.7. The van der Waals surface area contributed by atoms with Crippen molar-refractivity contribution in [2.45, 2.75) is 59.4 Å². The lowest BCUT2D eigenvalue weighted by Gasteiger charge is -2.37. The van der Waals surface area contributed by atoms with E-state index in [0.29, 0.717) is 5.41 Å². The van der Waals surface area contributed by atoms with Crippen molar-refractivity contribution in [1.29, 1.82) is 0 Å². The van der Waals surface area contributed by atoms with E-state index in [1.807, 2.05) is 0 Å². The highest BCUT2D eigenvalue weighted by Crippen LogP contribution is 2.36. The molecule has 0 aromatic rings. The van der Waals surface area contributed by atoms with Crippen LogP contribution in [0.25, 0.3) is 0 Å². The minimum atomic E-state index is 0.242. The topological polar surface area (TPSA) is 21.3 Å². The van der Waals surface area contributed by atoms with E-state index in [-0.39, 0.29) is 5.54 Å². The van der Waals surface area contributed by atoms with Gasteiger partial charge in [0.15, 0.2) is 0 Å². The van der Waals surface area contributed by atoms with E-state index in [9.17, 15) is 0 Å². The van der Waals surface area contributed by atoms with E-state index in [1.165, 1.54) is 19.3 Å². The molecule has 2 nitrogen and oxygen atoms in total. The largest absolute Gasteiger partial charge is 0.381 e. The molecule has 1 aliphatic rings. The first kappa shape index (κ1) is 14.0.